The Morgan fingerprint density at radius 2 is 1.96 bits per heavy atom. The highest BCUT2D eigenvalue weighted by molar-refractivity contribution is 6.04. The molecular formula is C18H20N2O5. The van der Waals surface area contributed by atoms with Crippen molar-refractivity contribution in [1.29, 1.82) is 0 Å². The molecule has 7 heteroatoms. The number of anilines is 1. The summed E-state index contributed by atoms with van der Waals surface area (Å²) < 4.78 is 10.7. The van der Waals surface area contributed by atoms with E-state index in [9.17, 15) is 9.59 Å². The first-order valence-corrected chi connectivity index (χ1v) is 7.85. The van der Waals surface area contributed by atoms with Crippen molar-refractivity contribution < 1.29 is 24.2 Å². The smallest absolute Gasteiger partial charge is 0.354 e. The number of carboxylic acid groups (broad SMARTS) is 1. The Morgan fingerprint density at radius 3 is 2.64 bits per heavy atom. The lowest BCUT2D eigenvalue weighted by Crippen LogP contribution is -2.13. The maximum atomic E-state index is 12.2. The predicted molar refractivity (Wildman–Crippen MR) is 91.7 cm³/mol. The maximum absolute atomic E-state index is 12.2. The molecule has 0 atom stereocenters. The molecule has 2 aromatic rings. The summed E-state index contributed by atoms with van der Waals surface area (Å²) in [5.74, 6) is -1.50. The molecule has 0 aliphatic carbocycles. The van der Waals surface area contributed by atoms with E-state index in [1.807, 2.05) is 25.1 Å². The van der Waals surface area contributed by atoms with Gasteiger partial charge in [0.25, 0.3) is 5.91 Å². The van der Waals surface area contributed by atoms with Gasteiger partial charge in [-0.3, -0.25) is 4.79 Å². The van der Waals surface area contributed by atoms with Crippen molar-refractivity contribution in [3.63, 3.8) is 0 Å². The minimum atomic E-state index is -1.14. The highest BCUT2D eigenvalue weighted by Gasteiger charge is 2.09. The maximum Gasteiger partial charge on any atom is 0.354 e. The quantitative estimate of drug-likeness (QED) is 0.679. The lowest BCUT2D eigenvalue weighted by molar-refractivity contribution is 0.0453. The summed E-state index contributed by atoms with van der Waals surface area (Å²) in [6, 6.07) is 10.0. The molecule has 7 nitrogen and oxygen atoms in total. The molecule has 1 aromatic carbocycles. The number of nitrogens with zero attached hydrogens (tertiary/aromatic N) is 1. The van der Waals surface area contributed by atoms with Crippen LogP contribution in [0.4, 0.5) is 5.69 Å². The minimum Gasteiger partial charge on any atom is -0.477 e. The Balaban J connectivity index is 1.92. The van der Waals surface area contributed by atoms with Crippen molar-refractivity contribution in [1.82, 2.24) is 4.98 Å². The van der Waals surface area contributed by atoms with Gasteiger partial charge in [0.1, 0.15) is 5.69 Å². The van der Waals surface area contributed by atoms with Gasteiger partial charge in [0.2, 0.25) is 0 Å². The molecule has 0 aliphatic heterocycles. The zero-order valence-corrected chi connectivity index (χ0v) is 13.9. The van der Waals surface area contributed by atoms with Gasteiger partial charge >= 0.3 is 5.97 Å². The van der Waals surface area contributed by atoms with Crippen molar-refractivity contribution in [2.45, 2.75) is 13.5 Å². The summed E-state index contributed by atoms with van der Waals surface area (Å²) >= 11 is 0. The summed E-state index contributed by atoms with van der Waals surface area (Å²) in [6.07, 6.45) is 1.24. The molecule has 0 aliphatic rings. The molecule has 0 fully saturated rings. The fourth-order valence-corrected chi connectivity index (χ4v) is 2.05. The number of benzene rings is 1. The molecule has 25 heavy (non-hydrogen) atoms. The number of carbonyl (C=O) groups excluding carboxylic acids is 1. The van der Waals surface area contributed by atoms with Crippen LogP contribution < -0.4 is 5.32 Å². The highest BCUT2D eigenvalue weighted by Crippen LogP contribution is 2.13. The second kappa shape index (κ2) is 9.51. The number of aromatic nitrogens is 1. The number of ether oxygens (including phenoxy) is 2. The van der Waals surface area contributed by atoms with Crippen LogP contribution in [0.25, 0.3) is 0 Å². The van der Waals surface area contributed by atoms with Gasteiger partial charge in [-0.1, -0.05) is 12.1 Å². The third-order valence-corrected chi connectivity index (χ3v) is 3.27. The third-order valence-electron chi connectivity index (χ3n) is 3.27. The van der Waals surface area contributed by atoms with Crippen molar-refractivity contribution in [2.24, 2.45) is 0 Å². The average molecular weight is 344 g/mol. The standard InChI is InChI=1S/C18H20N2O5/c1-2-24-8-9-25-12-13-4-3-5-15(10-13)20-17(21)14-6-7-16(18(22)23)19-11-14/h3-7,10-11H,2,8-9,12H2,1H3,(H,20,21)(H,22,23). The Labute approximate surface area is 145 Å². The van der Waals surface area contributed by atoms with Gasteiger partial charge in [0.05, 0.1) is 25.4 Å². The second-order valence-corrected chi connectivity index (χ2v) is 5.14. The van der Waals surface area contributed by atoms with Crippen LogP contribution in [0, 0.1) is 0 Å². The minimum absolute atomic E-state index is 0.109. The molecule has 1 amide bonds. The molecule has 2 N–H and O–H groups in total. The molecule has 0 bridgehead atoms. The summed E-state index contributed by atoms with van der Waals surface area (Å²) in [5, 5.41) is 11.6. The van der Waals surface area contributed by atoms with Crippen LogP contribution in [0.15, 0.2) is 42.6 Å². The van der Waals surface area contributed by atoms with E-state index < -0.39 is 5.97 Å². The van der Waals surface area contributed by atoms with E-state index in [-0.39, 0.29) is 17.2 Å². The summed E-state index contributed by atoms with van der Waals surface area (Å²) in [4.78, 5) is 26.7. The molecule has 1 aromatic heterocycles. The van der Waals surface area contributed by atoms with Crippen LogP contribution in [0.2, 0.25) is 0 Å². The lowest BCUT2D eigenvalue weighted by Gasteiger charge is -2.08. The van der Waals surface area contributed by atoms with Crippen molar-refractivity contribution in [3.8, 4) is 0 Å². The molecule has 1 heterocycles. The topological polar surface area (TPSA) is 97.8 Å². The van der Waals surface area contributed by atoms with Gasteiger partial charge in [-0.05, 0) is 36.8 Å². The zero-order valence-electron chi connectivity index (χ0n) is 13.9. The summed E-state index contributed by atoms with van der Waals surface area (Å²) in [5.41, 5.74) is 1.72. The number of hydrogen-bond acceptors (Lipinski definition) is 5. The summed E-state index contributed by atoms with van der Waals surface area (Å²) in [7, 11) is 0. The molecule has 0 saturated carbocycles. The van der Waals surface area contributed by atoms with Gasteiger partial charge in [0.15, 0.2) is 0 Å². The van der Waals surface area contributed by atoms with Crippen LogP contribution in [-0.2, 0) is 16.1 Å². The lowest BCUT2D eigenvalue weighted by atomic mass is 10.2. The number of pyridine rings is 1. The van der Waals surface area contributed by atoms with Gasteiger partial charge < -0.3 is 19.9 Å². The number of carbonyl (C=O) groups is 2. The fourth-order valence-electron chi connectivity index (χ4n) is 2.05. The molecular weight excluding hydrogens is 324 g/mol. The normalized spacial score (nSPS) is 10.4. The van der Waals surface area contributed by atoms with Gasteiger partial charge in [-0.15, -0.1) is 0 Å². The Morgan fingerprint density at radius 1 is 1.16 bits per heavy atom. The van der Waals surface area contributed by atoms with Crippen LogP contribution in [0.1, 0.15) is 33.3 Å². The molecule has 0 unspecified atom stereocenters. The Bertz CT molecular complexity index is 716. The van der Waals surface area contributed by atoms with E-state index in [4.69, 9.17) is 14.6 Å². The van der Waals surface area contributed by atoms with E-state index in [2.05, 4.69) is 10.3 Å². The van der Waals surface area contributed by atoms with Crippen molar-refractivity contribution in [2.75, 3.05) is 25.1 Å². The Kier molecular flexibility index (Phi) is 7.06. The van der Waals surface area contributed by atoms with E-state index in [1.54, 1.807) is 6.07 Å². The van der Waals surface area contributed by atoms with Crippen LogP contribution >= 0.6 is 0 Å². The Hall–Kier alpha value is -2.77. The fraction of sp³-hybridized carbons (Fsp3) is 0.278. The number of aromatic carboxylic acids is 1. The SMILES string of the molecule is CCOCCOCc1cccc(NC(=O)c2ccc(C(=O)O)nc2)c1. The van der Waals surface area contributed by atoms with Gasteiger partial charge in [-0.25, -0.2) is 9.78 Å². The predicted octanol–water partition coefficient (Wildman–Crippen LogP) is 2.59. The van der Waals surface area contributed by atoms with Crippen molar-refractivity contribution in [3.05, 3.63) is 59.4 Å². The number of carboxylic acids is 1. The molecule has 132 valence electrons. The largest absolute Gasteiger partial charge is 0.477 e. The first-order valence-electron chi connectivity index (χ1n) is 7.85. The van der Waals surface area contributed by atoms with Crippen molar-refractivity contribution >= 4 is 17.6 Å². The van der Waals surface area contributed by atoms with E-state index >= 15 is 0 Å². The third kappa shape index (κ3) is 5.98. The highest BCUT2D eigenvalue weighted by atomic mass is 16.5. The first-order chi connectivity index (χ1) is 12.1. The van der Waals surface area contributed by atoms with Crippen LogP contribution in [-0.4, -0.2) is 41.8 Å². The number of hydrogen-bond donors (Lipinski definition) is 2. The first kappa shape index (κ1) is 18.6. The zero-order chi connectivity index (χ0) is 18.1. The van der Waals surface area contributed by atoms with E-state index in [1.165, 1.54) is 18.3 Å². The van der Waals surface area contributed by atoms with Crippen LogP contribution in [0.3, 0.4) is 0 Å². The molecule has 0 saturated heterocycles. The van der Waals surface area contributed by atoms with Gasteiger partial charge in [0, 0.05) is 18.5 Å². The number of amides is 1. The van der Waals surface area contributed by atoms with E-state index in [0.717, 1.165) is 5.56 Å². The average Bonchev–Trinajstić information content (AvgIpc) is 2.62. The second-order valence-electron chi connectivity index (χ2n) is 5.14. The van der Waals surface area contributed by atoms with E-state index in [0.29, 0.717) is 32.1 Å². The monoisotopic (exact) mass is 344 g/mol. The molecule has 0 spiro atoms. The number of rotatable bonds is 9. The summed E-state index contributed by atoms with van der Waals surface area (Å²) in [6.45, 7) is 4.06. The van der Waals surface area contributed by atoms with Gasteiger partial charge in [-0.2, -0.15) is 0 Å². The molecule has 2 rings (SSSR count). The van der Waals surface area contributed by atoms with Crippen LogP contribution in [0.5, 0.6) is 0 Å². The number of nitrogens with one attached hydrogen (secondary N) is 1. The molecule has 0 radical (unpaired) electrons.